The molecule has 0 fully saturated rings. The number of ether oxygens (including phenoxy) is 1. The van der Waals surface area contributed by atoms with Crippen LogP contribution in [-0.4, -0.2) is 23.6 Å². The van der Waals surface area contributed by atoms with Crippen molar-refractivity contribution in [2.24, 2.45) is 0 Å². The van der Waals surface area contributed by atoms with Gasteiger partial charge in [-0.2, -0.15) is 0 Å². The number of rotatable bonds is 10. The molecule has 30 heavy (non-hydrogen) atoms. The highest BCUT2D eigenvalue weighted by molar-refractivity contribution is 7.80. The van der Waals surface area contributed by atoms with Gasteiger partial charge in [-0.1, -0.05) is 55.5 Å². The van der Waals surface area contributed by atoms with E-state index in [0.717, 1.165) is 36.1 Å². The van der Waals surface area contributed by atoms with Gasteiger partial charge in [0.05, 0.1) is 6.61 Å². The summed E-state index contributed by atoms with van der Waals surface area (Å²) in [5.41, 5.74) is 4.37. The lowest BCUT2D eigenvalue weighted by Gasteiger charge is -2.15. The summed E-state index contributed by atoms with van der Waals surface area (Å²) < 4.78 is 5.24. The number of anilines is 1. The number of carbonyl (C=O) groups excluding carboxylic acids is 2. The van der Waals surface area contributed by atoms with Gasteiger partial charge in [0.1, 0.15) is 0 Å². The highest BCUT2D eigenvalue weighted by atomic mass is 32.1. The van der Waals surface area contributed by atoms with Crippen LogP contribution in [0.4, 0.5) is 5.69 Å². The van der Waals surface area contributed by atoms with Gasteiger partial charge in [0.2, 0.25) is 5.91 Å². The van der Waals surface area contributed by atoms with E-state index >= 15 is 0 Å². The summed E-state index contributed by atoms with van der Waals surface area (Å²) in [6, 6.07) is 16.1. The summed E-state index contributed by atoms with van der Waals surface area (Å²) in [6.07, 6.45) is 3.40. The fraction of sp³-hybridized carbons (Fsp3) is 0.375. The van der Waals surface area contributed by atoms with Crippen LogP contribution < -0.4 is 10.6 Å². The molecule has 0 radical (unpaired) electrons. The number of para-hydroxylation sites is 1. The van der Waals surface area contributed by atoms with E-state index in [4.69, 9.17) is 17.0 Å². The van der Waals surface area contributed by atoms with Gasteiger partial charge in [0.25, 0.3) is 0 Å². The Hall–Kier alpha value is -2.73. The lowest BCUT2D eigenvalue weighted by atomic mass is 10.1. The summed E-state index contributed by atoms with van der Waals surface area (Å²) in [4.78, 5) is 23.9. The predicted molar refractivity (Wildman–Crippen MR) is 124 cm³/mol. The molecule has 0 aliphatic carbocycles. The number of thiocarbonyl (C=S) groups is 1. The highest BCUT2D eigenvalue weighted by Gasteiger charge is 2.10. The number of carbonyl (C=O) groups is 2. The van der Waals surface area contributed by atoms with E-state index in [1.165, 1.54) is 5.56 Å². The summed E-state index contributed by atoms with van der Waals surface area (Å²) in [7, 11) is 0. The Morgan fingerprint density at radius 1 is 1.00 bits per heavy atom. The van der Waals surface area contributed by atoms with Gasteiger partial charge in [-0.25, -0.2) is 0 Å². The van der Waals surface area contributed by atoms with Crippen molar-refractivity contribution in [1.82, 2.24) is 5.32 Å². The van der Waals surface area contributed by atoms with Crippen LogP contribution in [0.5, 0.6) is 0 Å². The van der Waals surface area contributed by atoms with Gasteiger partial charge in [-0.3, -0.25) is 9.59 Å². The Balaban J connectivity index is 1.61. The van der Waals surface area contributed by atoms with Crippen LogP contribution in [0.15, 0.2) is 48.5 Å². The second-order valence-corrected chi connectivity index (χ2v) is 7.54. The molecule has 0 spiro atoms. The lowest BCUT2D eigenvalue weighted by molar-refractivity contribution is -0.143. The SMILES string of the molecule is CCc1cccc(C)c1NC(=S)NC(=O)CCCC(=O)OCCCc1ccccc1. The molecule has 0 aliphatic heterocycles. The van der Waals surface area contributed by atoms with Crippen molar-refractivity contribution < 1.29 is 14.3 Å². The van der Waals surface area contributed by atoms with Gasteiger partial charge in [-0.15, -0.1) is 0 Å². The standard InChI is InChI=1S/C24H30N2O3S/c1-3-20-14-7-10-18(2)23(20)26-24(30)25-21(27)15-8-16-22(28)29-17-9-13-19-11-5-4-6-12-19/h4-7,10-12,14H,3,8-9,13,15-17H2,1-2H3,(H2,25,26,27,30). The average molecular weight is 427 g/mol. The van der Waals surface area contributed by atoms with Crippen molar-refractivity contribution in [3.8, 4) is 0 Å². The smallest absolute Gasteiger partial charge is 0.305 e. The molecule has 6 heteroatoms. The second kappa shape index (κ2) is 12.8. The molecule has 0 aliphatic rings. The quantitative estimate of drug-likeness (QED) is 0.327. The number of esters is 1. The van der Waals surface area contributed by atoms with Crippen LogP contribution in [0.2, 0.25) is 0 Å². The Morgan fingerprint density at radius 3 is 2.50 bits per heavy atom. The first-order chi connectivity index (χ1) is 14.5. The van der Waals surface area contributed by atoms with Crippen LogP contribution in [0.3, 0.4) is 0 Å². The van der Waals surface area contributed by atoms with Crippen molar-refractivity contribution in [2.45, 2.75) is 52.4 Å². The molecule has 2 aromatic carbocycles. The number of benzene rings is 2. The van der Waals surface area contributed by atoms with E-state index in [-0.39, 0.29) is 29.8 Å². The topological polar surface area (TPSA) is 67.4 Å². The molecule has 0 heterocycles. The third-order valence-corrected chi connectivity index (χ3v) is 4.94. The van der Waals surface area contributed by atoms with Gasteiger partial charge in [0, 0.05) is 18.5 Å². The van der Waals surface area contributed by atoms with Crippen molar-refractivity contribution in [3.05, 3.63) is 65.2 Å². The normalized spacial score (nSPS) is 10.3. The van der Waals surface area contributed by atoms with E-state index < -0.39 is 0 Å². The van der Waals surface area contributed by atoms with Crippen LogP contribution in [0, 0.1) is 6.92 Å². The molecular formula is C24H30N2O3S. The van der Waals surface area contributed by atoms with Crippen LogP contribution in [0.25, 0.3) is 0 Å². The van der Waals surface area contributed by atoms with E-state index in [9.17, 15) is 9.59 Å². The minimum atomic E-state index is -0.274. The van der Waals surface area contributed by atoms with Crippen molar-refractivity contribution >= 4 is 34.9 Å². The second-order valence-electron chi connectivity index (χ2n) is 7.13. The molecular weight excluding hydrogens is 396 g/mol. The first-order valence-corrected chi connectivity index (χ1v) is 10.8. The van der Waals surface area contributed by atoms with Gasteiger partial charge >= 0.3 is 5.97 Å². The summed E-state index contributed by atoms with van der Waals surface area (Å²) >= 11 is 5.26. The first kappa shape index (κ1) is 23.5. The molecule has 2 N–H and O–H groups in total. The summed E-state index contributed by atoms with van der Waals surface area (Å²) in [5.74, 6) is -0.486. The number of hydrogen-bond acceptors (Lipinski definition) is 4. The van der Waals surface area contributed by atoms with Gasteiger partial charge in [-0.05, 0) is 61.5 Å². The lowest BCUT2D eigenvalue weighted by Crippen LogP contribution is -2.34. The molecule has 5 nitrogen and oxygen atoms in total. The predicted octanol–water partition coefficient (Wildman–Crippen LogP) is 4.72. The zero-order valence-electron chi connectivity index (χ0n) is 17.7. The number of amides is 1. The summed E-state index contributed by atoms with van der Waals surface area (Å²) in [5, 5.41) is 6.07. The van der Waals surface area contributed by atoms with Crippen molar-refractivity contribution in [3.63, 3.8) is 0 Å². The largest absolute Gasteiger partial charge is 0.466 e. The van der Waals surface area contributed by atoms with Gasteiger partial charge < -0.3 is 15.4 Å². The van der Waals surface area contributed by atoms with Crippen molar-refractivity contribution in [2.75, 3.05) is 11.9 Å². The molecule has 0 bridgehead atoms. The van der Waals surface area contributed by atoms with Crippen LogP contribution >= 0.6 is 12.2 Å². The first-order valence-electron chi connectivity index (χ1n) is 10.4. The third-order valence-electron chi connectivity index (χ3n) is 4.73. The summed E-state index contributed by atoms with van der Waals surface area (Å²) in [6.45, 7) is 4.46. The molecule has 0 atom stereocenters. The number of nitrogens with one attached hydrogen (secondary N) is 2. The zero-order valence-corrected chi connectivity index (χ0v) is 18.5. The van der Waals surface area contributed by atoms with Gasteiger partial charge in [0.15, 0.2) is 5.11 Å². The Bertz CT molecular complexity index is 853. The maximum absolute atomic E-state index is 12.1. The van der Waals surface area contributed by atoms with Crippen molar-refractivity contribution in [1.29, 1.82) is 0 Å². The molecule has 1 amide bonds. The molecule has 2 aromatic rings. The minimum absolute atomic E-state index is 0.212. The molecule has 0 saturated carbocycles. The van der Waals surface area contributed by atoms with E-state index in [1.54, 1.807) is 0 Å². The van der Waals surface area contributed by atoms with E-state index in [2.05, 4.69) is 29.7 Å². The van der Waals surface area contributed by atoms with E-state index in [0.29, 0.717) is 13.0 Å². The molecule has 2 rings (SSSR count). The Morgan fingerprint density at radius 2 is 1.77 bits per heavy atom. The number of aryl methyl sites for hydroxylation is 3. The maximum atomic E-state index is 12.1. The van der Waals surface area contributed by atoms with Crippen LogP contribution in [-0.2, 0) is 27.2 Å². The highest BCUT2D eigenvalue weighted by Crippen LogP contribution is 2.20. The monoisotopic (exact) mass is 426 g/mol. The number of hydrogen-bond donors (Lipinski definition) is 2. The minimum Gasteiger partial charge on any atom is -0.466 e. The average Bonchev–Trinajstić information content (AvgIpc) is 2.73. The molecule has 0 saturated heterocycles. The Kier molecular flexibility index (Phi) is 10.0. The Labute approximate surface area is 184 Å². The molecule has 160 valence electrons. The zero-order chi connectivity index (χ0) is 21.8. The maximum Gasteiger partial charge on any atom is 0.305 e. The van der Waals surface area contributed by atoms with E-state index in [1.807, 2.05) is 43.3 Å². The third kappa shape index (κ3) is 8.33. The van der Waals surface area contributed by atoms with Crippen LogP contribution in [0.1, 0.15) is 49.3 Å². The fourth-order valence-corrected chi connectivity index (χ4v) is 3.32. The fourth-order valence-electron chi connectivity index (χ4n) is 3.11. The molecule has 0 unspecified atom stereocenters. The molecule has 0 aromatic heterocycles.